The van der Waals surface area contributed by atoms with Gasteiger partial charge in [-0.05, 0) is 31.5 Å². The Morgan fingerprint density at radius 3 is 3.06 bits per heavy atom. The molecule has 0 amide bonds. The number of hydrogen-bond acceptors (Lipinski definition) is 4. The van der Waals surface area contributed by atoms with E-state index in [2.05, 4.69) is 12.2 Å². The Balaban J connectivity index is 2.02. The van der Waals surface area contributed by atoms with Crippen LogP contribution in [-0.2, 0) is 9.47 Å². The quantitative estimate of drug-likeness (QED) is 0.832. The molecule has 2 unspecified atom stereocenters. The second-order valence-corrected chi connectivity index (χ2v) is 4.63. The van der Waals surface area contributed by atoms with Crippen molar-refractivity contribution in [1.82, 2.24) is 0 Å². The summed E-state index contributed by atoms with van der Waals surface area (Å²) in [6, 6.07) is 7.71. The molecular formula is C14H19NO3. The van der Waals surface area contributed by atoms with Crippen LogP contribution in [0.4, 0.5) is 5.69 Å². The number of rotatable bonds is 4. The first-order valence-corrected chi connectivity index (χ1v) is 6.23. The average Bonchev–Trinajstić information content (AvgIpc) is 2.92. The van der Waals surface area contributed by atoms with Crippen molar-refractivity contribution >= 4 is 11.7 Å². The predicted molar refractivity (Wildman–Crippen MR) is 69.8 cm³/mol. The Morgan fingerprint density at radius 2 is 2.39 bits per heavy atom. The van der Waals surface area contributed by atoms with Gasteiger partial charge in [0.2, 0.25) is 0 Å². The molecule has 4 nitrogen and oxygen atoms in total. The molecule has 1 fully saturated rings. The highest BCUT2D eigenvalue weighted by molar-refractivity contribution is 5.90. The van der Waals surface area contributed by atoms with Gasteiger partial charge in [0, 0.05) is 24.3 Å². The zero-order valence-electron chi connectivity index (χ0n) is 10.8. The van der Waals surface area contributed by atoms with Crippen molar-refractivity contribution in [3.8, 4) is 0 Å². The van der Waals surface area contributed by atoms with E-state index >= 15 is 0 Å². The van der Waals surface area contributed by atoms with Gasteiger partial charge in [-0.3, -0.25) is 0 Å². The summed E-state index contributed by atoms with van der Waals surface area (Å²) in [5.74, 6) is 0.224. The molecule has 0 radical (unpaired) electrons. The monoisotopic (exact) mass is 249 g/mol. The summed E-state index contributed by atoms with van der Waals surface area (Å²) in [6.45, 7) is 3.80. The Bertz CT molecular complexity index is 413. The van der Waals surface area contributed by atoms with E-state index in [0.29, 0.717) is 17.5 Å². The number of benzene rings is 1. The van der Waals surface area contributed by atoms with E-state index in [0.717, 1.165) is 25.3 Å². The molecule has 0 aromatic heterocycles. The molecule has 2 rings (SSSR count). The summed E-state index contributed by atoms with van der Waals surface area (Å²) in [6.07, 6.45) is 1.09. The van der Waals surface area contributed by atoms with Gasteiger partial charge in [0.05, 0.1) is 19.3 Å². The molecule has 0 bridgehead atoms. The maximum Gasteiger partial charge on any atom is 0.337 e. The first-order chi connectivity index (χ1) is 8.70. The molecule has 0 saturated carbocycles. The van der Waals surface area contributed by atoms with Crippen LogP contribution in [0.5, 0.6) is 0 Å². The molecule has 4 heteroatoms. The van der Waals surface area contributed by atoms with Gasteiger partial charge in [-0.25, -0.2) is 4.79 Å². The van der Waals surface area contributed by atoms with Crippen LogP contribution < -0.4 is 5.32 Å². The standard InChI is InChI=1S/C14H19NO3/c1-10(12-6-7-18-9-12)15-13-5-3-4-11(8-13)14(16)17-2/h3-5,8,10,12,15H,6-7,9H2,1-2H3. The largest absolute Gasteiger partial charge is 0.465 e. The van der Waals surface area contributed by atoms with Crippen molar-refractivity contribution in [2.24, 2.45) is 5.92 Å². The minimum atomic E-state index is -0.310. The van der Waals surface area contributed by atoms with Crippen LogP contribution in [0, 0.1) is 5.92 Å². The van der Waals surface area contributed by atoms with E-state index in [9.17, 15) is 4.79 Å². The first kappa shape index (κ1) is 12.9. The van der Waals surface area contributed by atoms with E-state index in [1.807, 2.05) is 18.2 Å². The van der Waals surface area contributed by atoms with Gasteiger partial charge in [-0.15, -0.1) is 0 Å². The lowest BCUT2D eigenvalue weighted by atomic mass is 10.0. The Hall–Kier alpha value is -1.55. The van der Waals surface area contributed by atoms with Crippen LogP contribution in [0.2, 0.25) is 0 Å². The number of carbonyl (C=O) groups is 1. The number of nitrogens with one attached hydrogen (secondary N) is 1. The Morgan fingerprint density at radius 1 is 1.56 bits per heavy atom. The lowest BCUT2D eigenvalue weighted by Crippen LogP contribution is -2.26. The number of anilines is 1. The van der Waals surface area contributed by atoms with Crippen LogP contribution in [0.3, 0.4) is 0 Å². The molecule has 1 N–H and O–H groups in total. The number of methoxy groups -OCH3 is 1. The number of esters is 1. The second kappa shape index (κ2) is 5.87. The summed E-state index contributed by atoms with van der Waals surface area (Å²) in [5.41, 5.74) is 1.51. The lowest BCUT2D eigenvalue weighted by Gasteiger charge is -2.20. The summed E-state index contributed by atoms with van der Waals surface area (Å²) in [5, 5.41) is 3.42. The van der Waals surface area contributed by atoms with Crippen molar-refractivity contribution < 1.29 is 14.3 Å². The minimum absolute atomic E-state index is 0.310. The molecule has 1 aromatic carbocycles. The zero-order valence-corrected chi connectivity index (χ0v) is 10.8. The summed E-state index contributed by atoms with van der Waals surface area (Å²) in [4.78, 5) is 11.4. The third kappa shape index (κ3) is 3.01. The molecule has 1 aromatic rings. The topological polar surface area (TPSA) is 47.6 Å². The molecule has 98 valence electrons. The highest BCUT2D eigenvalue weighted by atomic mass is 16.5. The summed E-state index contributed by atoms with van der Waals surface area (Å²) < 4.78 is 10.1. The predicted octanol–water partition coefficient (Wildman–Crippen LogP) is 2.31. The smallest absolute Gasteiger partial charge is 0.337 e. The number of hydrogen-bond donors (Lipinski definition) is 1. The van der Waals surface area contributed by atoms with Crippen molar-refractivity contribution in [3.63, 3.8) is 0 Å². The maximum absolute atomic E-state index is 11.4. The summed E-state index contributed by atoms with van der Waals surface area (Å²) >= 11 is 0. The van der Waals surface area contributed by atoms with Gasteiger partial charge in [0.25, 0.3) is 0 Å². The van der Waals surface area contributed by atoms with Gasteiger partial charge >= 0.3 is 5.97 Å². The normalized spacial score (nSPS) is 20.4. The van der Waals surface area contributed by atoms with E-state index in [-0.39, 0.29) is 5.97 Å². The second-order valence-electron chi connectivity index (χ2n) is 4.63. The SMILES string of the molecule is COC(=O)c1cccc(NC(C)C2CCOC2)c1. The van der Waals surface area contributed by atoms with Gasteiger partial charge in [0.1, 0.15) is 0 Å². The van der Waals surface area contributed by atoms with E-state index < -0.39 is 0 Å². The van der Waals surface area contributed by atoms with Gasteiger partial charge in [-0.2, -0.15) is 0 Å². The van der Waals surface area contributed by atoms with Crippen molar-refractivity contribution in [1.29, 1.82) is 0 Å². The molecule has 18 heavy (non-hydrogen) atoms. The molecule has 1 aliphatic rings. The third-order valence-electron chi connectivity index (χ3n) is 3.35. The number of carbonyl (C=O) groups excluding carboxylic acids is 1. The molecule has 0 aliphatic carbocycles. The van der Waals surface area contributed by atoms with Crippen LogP contribution in [0.15, 0.2) is 24.3 Å². The van der Waals surface area contributed by atoms with Crippen molar-refractivity contribution in [3.05, 3.63) is 29.8 Å². The van der Waals surface area contributed by atoms with Crippen LogP contribution >= 0.6 is 0 Å². The minimum Gasteiger partial charge on any atom is -0.465 e. The Kier molecular flexibility index (Phi) is 4.20. The molecule has 1 heterocycles. The van der Waals surface area contributed by atoms with Gasteiger partial charge in [0.15, 0.2) is 0 Å². The fraction of sp³-hybridized carbons (Fsp3) is 0.500. The highest BCUT2D eigenvalue weighted by Gasteiger charge is 2.22. The first-order valence-electron chi connectivity index (χ1n) is 6.23. The number of ether oxygens (including phenoxy) is 2. The van der Waals surface area contributed by atoms with Crippen molar-refractivity contribution in [2.75, 3.05) is 25.6 Å². The van der Waals surface area contributed by atoms with Gasteiger partial charge < -0.3 is 14.8 Å². The highest BCUT2D eigenvalue weighted by Crippen LogP contribution is 2.21. The Labute approximate surface area is 107 Å². The molecule has 1 saturated heterocycles. The van der Waals surface area contributed by atoms with E-state index in [1.165, 1.54) is 7.11 Å². The molecule has 0 spiro atoms. The molecule has 2 atom stereocenters. The van der Waals surface area contributed by atoms with E-state index in [1.54, 1.807) is 6.07 Å². The van der Waals surface area contributed by atoms with Crippen molar-refractivity contribution in [2.45, 2.75) is 19.4 Å². The van der Waals surface area contributed by atoms with E-state index in [4.69, 9.17) is 9.47 Å². The van der Waals surface area contributed by atoms with Gasteiger partial charge in [-0.1, -0.05) is 6.07 Å². The van der Waals surface area contributed by atoms with Crippen LogP contribution in [0.1, 0.15) is 23.7 Å². The van der Waals surface area contributed by atoms with Crippen LogP contribution in [-0.4, -0.2) is 32.3 Å². The average molecular weight is 249 g/mol. The third-order valence-corrected chi connectivity index (χ3v) is 3.35. The molecular weight excluding hydrogens is 230 g/mol. The molecule has 1 aliphatic heterocycles. The maximum atomic E-state index is 11.4. The lowest BCUT2D eigenvalue weighted by molar-refractivity contribution is 0.0601. The zero-order chi connectivity index (χ0) is 13.0. The van der Waals surface area contributed by atoms with Crippen LogP contribution in [0.25, 0.3) is 0 Å². The fourth-order valence-electron chi connectivity index (χ4n) is 2.18. The summed E-state index contributed by atoms with van der Waals surface area (Å²) in [7, 11) is 1.39. The fourth-order valence-corrected chi connectivity index (χ4v) is 2.18.